The second-order valence-electron chi connectivity index (χ2n) is 4.17. The number of halogens is 1. The van der Waals surface area contributed by atoms with Crippen LogP contribution in [0, 0.1) is 0 Å². The summed E-state index contributed by atoms with van der Waals surface area (Å²) in [6.07, 6.45) is 1.16. The van der Waals surface area contributed by atoms with Crippen molar-refractivity contribution in [1.29, 1.82) is 0 Å². The molecule has 100 valence electrons. The summed E-state index contributed by atoms with van der Waals surface area (Å²) in [6, 6.07) is 4.24. The zero-order valence-electron chi connectivity index (χ0n) is 10.4. The molecule has 1 aromatic carbocycles. The molecule has 0 heterocycles. The van der Waals surface area contributed by atoms with Crippen LogP contribution >= 0.6 is 11.6 Å². The highest BCUT2D eigenvalue weighted by Gasteiger charge is 2.23. The van der Waals surface area contributed by atoms with Gasteiger partial charge in [0.25, 0.3) is 0 Å². The van der Waals surface area contributed by atoms with E-state index in [1.54, 1.807) is 0 Å². The molecule has 0 fully saturated rings. The van der Waals surface area contributed by atoms with Gasteiger partial charge in [0.1, 0.15) is 12.4 Å². The fourth-order valence-corrected chi connectivity index (χ4v) is 1.65. The minimum atomic E-state index is -1.04. The van der Waals surface area contributed by atoms with Crippen molar-refractivity contribution in [3.05, 3.63) is 28.8 Å². The molecule has 0 aliphatic heterocycles. The van der Waals surface area contributed by atoms with Crippen molar-refractivity contribution in [1.82, 2.24) is 0 Å². The summed E-state index contributed by atoms with van der Waals surface area (Å²) in [5.41, 5.74) is -0.775. The van der Waals surface area contributed by atoms with Crippen LogP contribution in [-0.2, 0) is 0 Å². The third-order valence-electron chi connectivity index (χ3n) is 2.99. The number of aliphatic hydroxyl groups is 1. The summed E-state index contributed by atoms with van der Waals surface area (Å²) >= 11 is 5.92. The van der Waals surface area contributed by atoms with Crippen LogP contribution in [0.5, 0.6) is 5.75 Å². The average Bonchev–Trinajstić information content (AvgIpc) is 2.36. The number of carboxylic acid groups (broad SMARTS) is 1. The lowest BCUT2D eigenvalue weighted by Crippen LogP contribution is -2.34. The number of carboxylic acids is 1. The lowest BCUT2D eigenvalue weighted by Gasteiger charge is -2.25. The van der Waals surface area contributed by atoms with Gasteiger partial charge in [-0.25, -0.2) is 4.79 Å². The average molecular weight is 273 g/mol. The number of aromatic carboxylic acids is 1. The second kappa shape index (κ2) is 6.07. The molecule has 1 rings (SSSR count). The van der Waals surface area contributed by atoms with Crippen molar-refractivity contribution in [3.8, 4) is 5.75 Å². The van der Waals surface area contributed by atoms with Gasteiger partial charge in [0, 0.05) is 0 Å². The van der Waals surface area contributed by atoms with Gasteiger partial charge in [0.05, 0.1) is 16.2 Å². The summed E-state index contributed by atoms with van der Waals surface area (Å²) in [6.45, 7) is 3.89. The van der Waals surface area contributed by atoms with E-state index in [0.29, 0.717) is 18.6 Å². The first-order valence-electron chi connectivity index (χ1n) is 5.80. The first-order valence-corrected chi connectivity index (χ1v) is 6.17. The van der Waals surface area contributed by atoms with E-state index in [2.05, 4.69) is 0 Å². The minimum Gasteiger partial charge on any atom is -0.489 e. The molecule has 0 saturated carbocycles. The van der Waals surface area contributed by atoms with Gasteiger partial charge in [-0.05, 0) is 31.0 Å². The fraction of sp³-hybridized carbons (Fsp3) is 0.462. The molecule has 5 heteroatoms. The van der Waals surface area contributed by atoms with Gasteiger partial charge in [-0.15, -0.1) is 0 Å². The number of hydrogen-bond donors (Lipinski definition) is 2. The van der Waals surface area contributed by atoms with Crippen molar-refractivity contribution < 1.29 is 19.7 Å². The van der Waals surface area contributed by atoms with Crippen LogP contribution in [-0.4, -0.2) is 28.4 Å². The topological polar surface area (TPSA) is 66.8 Å². The zero-order valence-corrected chi connectivity index (χ0v) is 11.2. The number of ether oxygens (including phenoxy) is 1. The SMILES string of the molecule is CCC(O)(CC)COc1ccc(C(=O)O)cc1Cl. The van der Waals surface area contributed by atoms with Gasteiger partial charge in [-0.1, -0.05) is 25.4 Å². The highest BCUT2D eigenvalue weighted by Crippen LogP contribution is 2.27. The maximum atomic E-state index is 10.7. The van der Waals surface area contributed by atoms with E-state index >= 15 is 0 Å². The molecule has 0 aliphatic rings. The summed E-state index contributed by atoms with van der Waals surface area (Å²) in [4.78, 5) is 10.7. The smallest absolute Gasteiger partial charge is 0.335 e. The number of hydrogen-bond acceptors (Lipinski definition) is 3. The number of carbonyl (C=O) groups is 1. The lowest BCUT2D eigenvalue weighted by molar-refractivity contribution is -0.0113. The molecule has 0 radical (unpaired) electrons. The Labute approximate surface area is 111 Å². The Morgan fingerprint density at radius 3 is 2.44 bits per heavy atom. The molecule has 0 unspecified atom stereocenters. The lowest BCUT2D eigenvalue weighted by atomic mass is 9.99. The second-order valence-corrected chi connectivity index (χ2v) is 4.58. The number of rotatable bonds is 6. The standard InChI is InChI=1S/C13H17ClO4/c1-3-13(17,4-2)8-18-11-6-5-9(12(15)16)7-10(11)14/h5-7,17H,3-4,8H2,1-2H3,(H,15,16). The molecule has 0 saturated heterocycles. The van der Waals surface area contributed by atoms with Crippen LogP contribution < -0.4 is 4.74 Å². The van der Waals surface area contributed by atoms with E-state index in [4.69, 9.17) is 21.4 Å². The Bertz CT molecular complexity index is 427. The quantitative estimate of drug-likeness (QED) is 0.835. The molecule has 0 aromatic heterocycles. The summed E-state index contributed by atoms with van der Waals surface area (Å²) in [5.74, 6) is -0.663. The first-order chi connectivity index (χ1) is 8.41. The molecular weight excluding hydrogens is 256 g/mol. The van der Waals surface area contributed by atoms with E-state index in [1.807, 2.05) is 13.8 Å². The monoisotopic (exact) mass is 272 g/mol. The molecule has 0 aliphatic carbocycles. The van der Waals surface area contributed by atoms with E-state index in [-0.39, 0.29) is 17.2 Å². The zero-order chi connectivity index (χ0) is 13.8. The van der Waals surface area contributed by atoms with Gasteiger partial charge < -0.3 is 14.9 Å². The maximum absolute atomic E-state index is 10.7. The van der Waals surface area contributed by atoms with Crippen LogP contribution in [0.3, 0.4) is 0 Å². The van der Waals surface area contributed by atoms with Gasteiger partial charge in [-0.2, -0.15) is 0 Å². The first kappa shape index (κ1) is 14.8. The fourth-order valence-electron chi connectivity index (χ4n) is 1.42. The Kier molecular flexibility index (Phi) is 4.99. The van der Waals surface area contributed by atoms with Crippen LogP contribution in [0.4, 0.5) is 0 Å². The Morgan fingerprint density at radius 1 is 1.39 bits per heavy atom. The molecule has 18 heavy (non-hydrogen) atoms. The third kappa shape index (κ3) is 3.62. The van der Waals surface area contributed by atoms with Crippen LogP contribution in [0.15, 0.2) is 18.2 Å². The van der Waals surface area contributed by atoms with E-state index in [9.17, 15) is 9.90 Å². The Hall–Kier alpha value is -1.26. The van der Waals surface area contributed by atoms with E-state index < -0.39 is 11.6 Å². The van der Waals surface area contributed by atoms with Crippen molar-refractivity contribution in [3.63, 3.8) is 0 Å². The van der Waals surface area contributed by atoms with Crippen LogP contribution in [0.1, 0.15) is 37.0 Å². The molecule has 0 amide bonds. The predicted octanol–water partition coefficient (Wildman–Crippen LogP) is 2.97. The predicted molar refractivity (Wildman–Crippen MR) is 69.4 cm³/mol. The molecule has 0 bridgehead atoms. The number of benzene rings is 1. The van der Waals surface area contributed by atoms with Gasteiger partial charge in [0.15, 0.2) is 0 Å². The largest absolute Gasteiger partial charge is 0.489 e. The van der Waals surface area contributed by atoms with Crippen molar-refractivity contribution in [2.45, 2.75) is 32.3 Å². The van der Waals surface area contributed by atoms with Gasteiger partial charge in [0.2, 0.25) is 0 Å². The van der Waals surface area contributed by atoms with E-state index in [1.165, 1.54) is 18.2 Å². The van der Waals surface area contributed by atoms with Crippen molar-refractivity contribution in [2.24, 2.45) is 0 Å². The molecular formula is C13H17ClO4. The minimum absolute atomic E-state index is 0.105. The third-order valence-corrected chi connectivity index (χ3v) is 3.29. The van der Waals surface area contributed by atoms with Crippen molar-refractivity contribution in [2.75, 3.05) is 6.61 Å². The molecule has 2 N–H and O–H groups in total. The molecule has 0 spiro atoms. The Morgan fingerprint density at radius 2 is 2.00 bits per heavy atom. The summed E-state index contributed by atoms with van der Waals surface area (Å²) < 4.78 is 5.44. The molecule has 0 atom stereocenters. The summed E-state index contributed by atoms with van der Waals surface area (Å²) in [7, 11) is 0. The normalized spacial score (nSPS) is 11.3. The van der Waals surface area contributed by atoms with Gasteiger partial charge in [-0.3, -0.25) is 0 Å². The molecule has 4 nitrogen and oxygen atoms in total. The van der Waals surface area contributed by atoms with E-state index in [0.717, 1.165) is 0 Å². The van der Waals surface area contributed by atoms with Crippen LogP contribution in [0.2, 0.25) is 5.02 Å². The Balaban J connectivity index is 2.77. The van der Waals surface area contributed by atoms with Crippen LogP contribution in [0.25, 0.3) is 0 Å². The van der Waals surface area contributed by atoms with Crippen molar-refractivity contribution >= 4 is 17.6 Å². The highest BCUT2D eigenvalue weighted by molar-refractivity contribution is 6.32. The van der Waals surface area contributed by atoms with Gasteiger partial charge >= 0.3 is 5.97 Å². The highest BCUT2D eigenvalue weighted by atomic mass is 35.5. The molecule has 1 aromatic rings. The maximum Gasteiger partial charge on any atom is 0.335 e. The summed E-state index contributed by atoms with van der Waals surface area (Å²) in [5, 5.41) is 19.1.